The van der Waals surface area contributed by atoms with Crippen molar-refractivity contribution < 1.29 is 25.3 Å². The molecule has 4 rings (SSSR count). The quantitative estimate of drug-likeness (QED) is 0.359. The number of benzene rings is 4. The van der Waals surface area contributed by atoms with Crippen molar-refractivity contribution in [2.75, 3.05) is 42.3 Å². The van der Waals surface area contributed by atoms with Crippen LogP contribution < -0.4 is 0 Å². The monoisotopic (exact) mass is 523 g/mol. The molecule has 0 aliphatic carbocycles. The first kappa shape index (κ1) is 24.8. The molecule has 0 amide bonds. The lowest BCUT2D eigenvalue weighted by atomic mass is 9.94. The summed E-state index contributed by atoms with van der Waals surface area (Å²) in [6, 6.07) is 10.8. The lowest BCUT2D eigenvalue weighted by Gasteiger charge is -2.22. The van der Waals surface area contributed by atoms with Crippen molar-refractivity contribution in [3.05, 3.63) is 42.5 Å². The molecule has 0 aliphatic heterocycles. The summed E-state index contributed by atoms with van der Waals surface area (Å²) < 4.78 is 82.2. The smallest absolute Gasteiger partial charge is 0.207 e. The third-order valence-corrected chi connectivity index (χ3v) is 11.5. The molecule has 0 saturated carbocycles. The van der Waals surface area contributed by atoms with E-state index in [2.05, 4.69) is 0 Å². The largest absolute Gasteiger partial charge is 0.243 e. The van der Waals surface area contributed by atoms with Gasteiger partial charge in [-0.25, -0.2) is 38.2 Å². The Kier molecular flexibility index (Phi) is 5.71. The van der Waals surface area contributed by atoms with E-state index in [0.717, 1.165) is 12.9 Å². The fourth-order valence-corrected chi connectivity index (χ4v) is 7.42. The standard InChI is InChI=1S/C22H25N3O6S3/c1-23(2)32(26,27)18-12-8-14-7-9-16-19(33(28,29)24(3)4)13-20(34(30,31)25(5)6)17-11-10-15(18)21(14)22(16)17/h7-13H,1-6H3. The van der Waals surface area contributed by atoms with Crippen LogP contribution in [-0.4, -0.2) is 80.5 Å². The fraction of sp³-hybridized carbons (Fsp3) is 0.273. The molecule has 0 aromatic heterocycles. The fourth-order valence-electron chi connectivity index (χ4n) is 4.05. The van der Waals surface area contributed by atoms with Gasteiger partial charge in [-0.1, -0.05) is 30.3 Å². The topological polar surface area (TPSA) is 112 Å². The Hall–Kier alpha value is -2.35. The molecule has 0 atom stereocenters. The van der Waals surface area contributed by atoms with Crippen molar-refractivity contribution in [1.29, 1.82) is 0 Å². The second-order valence-electron chi connectivity index (χ2n) is 8.55. The van der Waals surface area contributed by atoms with Gasteiger partial charge in [0.05, 0.1) is 14.7 Å². The molecule has 182 valence electrons. The summed E-state index contributed by atoms with van der Waals surface area (Å²) in [5.74, 6) is 0. The molecule has 34 heavy (non-hydrogen) atoms. The highest BCUT2D eigenvalue weighted by Gasteiger charge is 2.30. The van der Waals surface area contributed by atoms with Crippen LogP contribution in [-0.2, 0) is 30.1 Å². The summed E-state index contributed by atoms with van der Waals surface area (Å²) in [6.45, 7) is 0. The molecule has 0 bridgehead atoms. The van der Waals surface area contributed by atoms with Gasteiger partial charge in [-0.2, -0.15) is 0 Å². The van der Waals surface area contributed by atoms with Gasteiger partial charge in [-0.15, -0.1) is 0 Å². The Morgan fingerprint density at radius 2 is 0.824 bits per heavy atom. The van der Waals surface area contributed by atoms with E-state index in [1.54, 1.807) is 30.3 Å². The zero-order chi connectivity index (χ0) is 25.4. The predicted octanol–water partition coefficient (Wildman–Crippen LogP) is 2.33. The van der Waals surface area contributed by atoms with Crippen LogP contribution in [0.4, 0.5) is 0 Å². The summed E-state index contributed by atoms with van der Waals surface area (Å²) in [5, 5.41) is 2.56. The van der Waals surface area contributed by atoms with Crippen LogP contribution in [0.15, 0.2) is 57.2 Å². The molecule has 0 spiro atoms. The Balaban J connectivity index is 2.35. The van der Waals surface area contributed by atoms with E-state index in [1.165, 1.54) is 54.4 Å². The Bertz CT molecular complexity index is 1720. The minimum absolute atomic E-state index is 0.0530. The molecule has 0 radical (unpaired) electrons. The van der Waals surface area contributed by atoms with Gasteiger partial charge in [0.25, 0.3) is 0 Å². The molecule has 4 aromatic rings. The minimum Gasteiger partial charge on any atom is -0.207 e. The molecular weight excluding hydrogens is 498 g/mol. The molecular formula is C22H25N3O6S3. The molecule has 12 heteroatoms. The molecule has 0 heterocycles. The lowest BCUT2D eigenvalue weighted by Crippen LogP contribution is -2.25. The van der Waals surface area contributed by atoms with E-state index >= 15 is 0 Å². The van der Waals surface area contributed by atoms with Gasteiger partial charge in [0.15, 0.2) is 0 Å². The van der Waals surface area contributed by atoms with E-state index < -0.39 is 30.1 Å². The third-order valence-electron chi connectivity index (χ3n) is 5.94. The summed E-state index contributed by atoms with van der Waals surface area (Å²) in [4.78, 5) is -0.279. The maximum absolute atomic E-state index is 13.3. The van der Waals surface area contributed by atoms with E-state index in [-0.39, 0.29) is 14.7 Å². The van der Waals surface area contributed by atoms with Gasteiger partial charge in [0, 0.05) is 63.8 Å². The first-order valence-electron chi connectivity index (χ1n) is 10.2. The average molecular weight is 524 g/mol. The predicted molar refractivity (Wildman–Crippen MR) is 133 cm³/mol. The van der Waals surface area contributed by atoms with Crippen molar-refractivity contribution in [3.8, 4) is 0 Å². The molecule has 0 saturated heterocycles. The van der Waals surface area contributed by atoms with Crippen molar-refractivity contribution in [3.63, 3.8) is 0 Å². The third kappa shape index (κ3) is 3.40. The zero-order valence-corrected chi connectivity index (χ0v) is 22.0. The molecule has 0 unspecified atom stereocenters. The van der Waals surface area contributed by atoms with E-state index in [9.17, 15) is 25.3 Å². The summed E-state index contributed by atoms with van der Waals surface area (Å²) in [5.41, 5.74) is 0. The van der Waals surface area contributed by atoms with Gasteiger partial charge in [-0.3, -0.25) is 0 Å². The summed E-state index contributed by atoms with van der Waals surface area (Å²) in [7, 11) is -3.57. The molecule has 4 aromatic carbocycles. The van der Waals surface area contributed by atoms with E-state index in [1.807, 2.05) is 0 Å². The van der Waals surface area contributed by atoms with Gasteiger partial charge >= 0.3 is 0 Å². The van der Waals surface area contributed by atoms with E-state index in [4.69, 9.17) is 0 Å². The van der Waals surface area contributed by atoms with Crippen LogP contribution in [0.25, 0.3) is 32.3 Å². The van der Waals surface area contributed by atoms with Crippen LogP contribution in [0, 0.1) is 0 Å². The van der Waals surface area contributed by atoms with E-state index in [0.29, 0.717) is 32.3 Å². The minimum atomic E-state index is -4.04. The zero-order valence-electron chi connectivity index (χ0n) is 19.6. The average Bonchev–Trinajstić information content (AvgIpc) is 2.76. The highest BCUT2D eigenvalue weighted by atomic mass is 32.2. The first-order chi connectivity index (χ1) is 15.6. The normalized spacial score (nSPS) is 13.9. The Labute approximate surface area is 199 Å². The van der Waals surface area contributed by atoms with Crippen LogP contribution in [0.2, 0.25) is 0 Å². The second-order valence-corrected chi connectivity index (χ2v) is 14.9. The van der Waals surface area contributed by atoms with Gasteiger partial charge in [0.1, 0.15) is 0 Å². The number of sulfonamides is 3. The molecule has 0 fully saturated rings. The Morgan fingerprint density at radius 3 is 1.26 bits per heavy atom. The second kappa shape index (κ2) is 7.83. The van der Waals surface area contributed by atoms with Gasteiger partial charge in [0.2, 0.25) is 30.1 Å². The SMILES string of the molecule is CN(C)S(=O)(=O)c1ccc2ccc3c(S(=O)(=O)N(C)C)cc(S(=O)(=O)N(C)C)c4ccc1c2c34. The number of hydrogen-bond donors (Lipinski definition) is 0. The van der Waals surface area contributed by atoms with Crippen molar-refractivity contribution in [1.82, 2.24) is 12.9 Å². The number of hydrogen-bond acceptors (Lipinski definition) is 6. The number of rotatable bonds is 6. The summed E-state index contributed by atoms with van der Waals surface area (Å²) in [6.07, 6.45) is 0. The van der Waals surface area contributed by atoms with Crippen molar-refractivity contribution >= 4 is 62.4 Å². The number of nitrogens with zero attached hydrogens (tertiary/aromatic N) is 3. The van der Waals surface area contributed by atoms with Gasteiger partial charge < -0.3 is 0 Å². The van der Waals surface area contributed by atoms with Crippen molar-refractivity contribution in [2.24, 2.45) is 0 Å². The van der Waals surface area contributed by atoms with Crippen LogP contribution >= 0.6 is 0 Å². The maximum atomic E-state index is 13.3. The molecule has 0 aliphatic rings. The lowest BCUT2D eigenvalue weighted by molar-refractivity contribution is 0.518. The first-order valence-corrected chi connectivity index (χ1v) is 14.5. The highest BCUT2D eigenvalue weighted by Crippen LogP contribution is 2.43. The summed E-state index contributed by atoms with van der Waals surface area (Å²) >= 11 is 0. The highest BCUT2D eigenvalue weighted by molar-refractivity contribution is 7.90. The van der Waals surface area contributed by atoms with Crippen LogP contribution in [0.5, 0.6) is 0 Å². The van der Waals surface area contributed by atoms with Crippen LogP contribution in [0.3, 0.4) is 0 Å². The molecule has 0 N–H and O–H groups in total. The molecule has 9 nitrogen and oxygen atoms in total. The van der Waals surface area contributed by atoms with Crippen LogP contribution in [0.1, 0.15) is 0 Å². The maximum Gasteiger partial charge on any atom is 0.243 e. The van der Waals surface area contributed by atoms with Crippen molar-refractivity contribution in [2.45, 2.75) is 14.7 Å². The Morgan fingerprint density at radius 1 is 0.471 bits per heavy atom. The van der Waals surface area contributed by atoms with Gasteiger partial charge in [-0.05, 0) is 22.9 Å².